The normalized spacial score (nSPS) is 10.0. The molecular formula is C16H15BrN2O2. The molecule has 0 saturated carbocycles. The molecule has 21 heavy (non-hydrogen) atoms. The molecule has 4 nitrogen and oxygen atoms in total. The first-order chi connectivity index (χ1) is 10.1. The molecule has 0 radical (unpaired) electrons. The number of benzene rings is 2. The van der Waals surface area contributed by atoms with Crippen LogP contribution in [0.15, 0.2) is 53.0 Å². The zero-order valence-electron chi connectivity index (χ0n) is 11.5. The van der Waals surface area contributed by atoms with Crippen LogP contribution in [-0.4, -0.2) is 11.8 Å². The molecule has 5 heteroatoms. The third-order valence-electron chi connectivity index (χ3n) is 2.81. The highest BCUT2D eigenvalue weighted by molar-refractivity contribution is 9.10. The van der Waals surface area contributed by atoms with Crippen LogP contribution in [0.3, 0.4) is 0 Å². The molecule has 0 saturated heterocycles. The Morgan fingerprint density at radius 3 is 2.33 bits per heavy atom. The number of amides is 2. The maximum Gasteiger partial charge on any atom is 0.255 e. The Morgan fingerprint density at radius 1 is 1.00 bits per heavy atom. The molecule has 2 rings (SSSR count). The summed E-state index contributed by atoms with van der Waals surface area (Å²) in [5.41, 5.74) is 1.81. The fourth-order valence-corrected chi connectivity index (χ4v) is 2.16. The van der Waals surface area contributed by atoms with E-state index in [2.05, 4.69) is 26.6 Å². The van der Waals surface area contributed by atoms with Crippen molar-refractivity contribution in [3.63, 3.8) is 0 Å². The van der Waals surface area contributed by atoms with Crippen LogP contribution in [0.2, 0.25) is 0 Å². The third-order valence-corrected chi connectivity index (χ3v) is 3.31. The second kappa shape index (κ2) is 7.04. The molecule has 0 bridgehead atoms. The largest absolute Gasteiger partial charge is 0.326 e. The molecule has 108 valence electrons. The van der Waals surface area contributed by atoms with Crippen molar-refractivity contribution in [1.29, 1.82) is 0 Å². The monoisotopic (exact) mass is 346 g/mol. The van der Waals surface area contributed by atoms with Gasteiger partial charge in [-0.05, 0) is 36.4 Å². The van der Waals surface area contributed by atoms with Crippen molar-refractivity contribution in [1.82, 2.24) is 0 Å². The van der Waals surface area contributed by atoms with Crippen LogP contribution in [0.5, 0.6) is 0 Å². The van der Waals surface area contributed by atoms with Gasteiger partial charge in [0.15, 0.2) is 0 Å². The van der Waals surface area contributed by atoms with Gasteiger partial charge in [-0.25, -0.2) is 0 Å². The van der Waals surface area contributed by atoms with Gasteiger partial charge in [0.25, 0.3) is 5.91 Å². The van der Waals surface area contributed by atoms with Crippen LogP contribution in [-0.2, 0) is 4.79 Å². The van der Waals surface area contributed by atoms with E-state index in [1.807, 2.05) is 24.3 Å². The van der Waals surface area contributed by atoms with Crippen molar-refractivity contribution in [3.05, 3.63) is 58.6 Å². The number of hydrogen-bond acceptors (Lipinski definition) is 2. The zero-order chi connectivity index (χ0) is 15.2. The van der Waals surface area contributed by atoms with E-state index < -0.39 is 0 Å². The quantitative estimate of drug-likeness (QED) is 0.877. The van der Waals surface area contributed by atoms with Gasteiger partial charge in [-0.2, -0.15) is 0 Å². The van der Waals surface area contributed by atoms with E-state index in [1.54, 1.807) is 31.2 Å². The first kappa shape index (κ1) is 15.3. The first-order valence-electron chi connectivity index (χ1n) is 6.55. The lowest BCUT2D eigenvalue weighted by Gasteiger charge is -2.08. The smallest absolute Gasteiger partial charge is 0.255 e. The third kappa shape index (κ3) is 4.43. The average molecular weight is 347 g/mol. The minimum absolute atomic E-state index is 0.0838. The molecule has 0 fully saturated rings. The molecule has 0 heterocycles. The van der Waals surface area contributed by atoms with Crippen LogP contribution in [0.4, 0.5) is 11.4 Å². The van der Waals surface area contributed by atoms with Crippen molar-refractivity contribution in [2.75, 3.05) is 10.6 Å². The number of anilines is 2. The summed E-state index contributed by atoms with van der Waals surface area (Å²) in [6, 6.07) is 14.2. The summed E-state index contributed by atoms with van der Waals surface area (Å²) >= 11 is 3.36. The van der Waals surface area contributed by atoms with Gasteiger partial charge in [-0.3, -0.25) is 9.59 Å². The minimum atomic E-state index is -0.222. The van der Waals surface area contributed by atoms with Crippen LogP contribution in [0.1, 0.15) is 23.7 Å². The van der Waals surface area contributed by atoms with Gasteiger partial charge in [0.1, 0.15) is 0 Å². The summed E-state index contributed by atoms with van der Waals surface area (Å²) in [6.07, 6.45) is 0.397. The Hall–Kier alpha value is -2.14. The number of nitrogens with one attached hydrogen (secondary N) is 2. The fourth-order valence-electron chi connectivity index (χ4n) is 1.76. The molecule has 0 aliphatic rings. The Kier molecular flexibility index (Phi) is 5.11. The molecule has 0 aliphatic heterocycles. The maximum atomic E-state index is 12.2. The summed E-state index contributed by atoms with van der Waals surface area (Å²) < 4.78 is 0.893. The van der Waals surface area contributed by atoms with E-state index in [1.165, 1.54) is 0 Å². The van der Waals surface area contributed by atoms with Crippen molar-refractivity contribution < 1.29 is 9.59 Å². The maximum absolute atomic E-state index is 12.2. The summed E-state index contributed by atoms with van der Waals surface area (Å²) in [6.45, 7) is 1.78. The lowest BCUT2D eigenvalue weighted by Crippen LogP contribution is -2.13. The van der Waals surface area contributed by atoms with Crippen LogP contribution in [0.25, 0.3) is 0 Å². The molecule has 2 amide bonds. The van der Waals surface area contributed by atoms with Crippen molar-refractivity contribution in [2.45, 2.75) is 13.3 Å². The number of carbonyl (C=O) groups is 2. The van der Waals surface area contributed by atoms with E-state index in [0.29, 0.717) is 23.4 Å². The van der Waals surface area contributed by atoms with Crippen LogP contribution >= 0.6 is 15.9 Å². The highest BCUT2D eigenvalue weighted by Gasteiger charge is 2.08. The highest BCUT2D eigenvalue weighted by Crippen LogP contribution is 2.17. The van der Waals surface area contributed by atoms with Gasteiger partial charge in [-0.1, -0.05) is 35.0 Å². The van der Waals surface area contributed by atoms with Crippen molar-refractivity contribution >= 4 is 39.1 Å². The number of carbonyl (C=O) groups excluding carboxylic acids is 2. The summed E-state index contributed by atoms with van der Waals surface area (Å²) in [5, 5.41) is 5.55. The van der Waals surface area contributed by atoms with E-state index in [4.69, 9.17) is 0 Å². The van der Waals surface area contributed by atoms with E-state index in [0.717, 1.165) is 4.47 Å². The predicted octanol–water partition coefficient (Wildman–Crippen LogP) is 4.05. The molecular weight excluding hydrogens is 332 g/mol. The SMILES string of the molecule is CCC(=O)Nc1cccc(C(=O)Nc2cccc(Br)c2)c1. The van der Waals surface area contributed by atoms with Gasteiger partial charge >= 0.3 is 0 Å². The molecule has 2 aromatic rings. The summed E-state index contributed by atoms with van der Waals surface area (Å²) in [4.78, 5) is 23.6. The van der Waals surface area contributed by atoms with Gasteiger partial charge < -0.3 is 10.6 Å². The minimum Gasteiger partial charge on any atom is -0.326 e. The zero-order valence-corrected chi connectivity index (χ0v) is 13.1. The van der Waals surface area contributed by atoms with Gasteiger partial charge in [-0.15, -0.1) is 0 Å². The molecule has 0 atom stereocenters. The second-order valence-corrected chi connectivity index (χ2v) is 5.36. The van der Waals surface area contributed by atoms with Gasteiger partial charge in [0, 0.05) is 27.8 Å². The van der Waals surface area contributed by atoms with E-state index in [9.17, 15) is 9.59 Å². The number of halogens is 1. The highest BCUT2D eigenvalue weighted by atomic mass is 79.9. The number of hydrogen-bond donors (Lipinski definition) is 2. The topological polar surface area (TPSA) is 58.2 Å². The molecule has 2 N–H and O–H groups in total. The van der Waals surface area contributed by atoms with Gasteiger partial charge in [0.05, 0.1) is 0 Å². The Labute approximate surface area is 131 Å². The van der Waals surface area contributed by atoms with E-state index >= 15 is 0 Å². The second-order valence-electron chi connectivity index (χ2n) is 4.45. The molecule has 0 spiro atoms. The molecule has 0 unspecified atom stereocenters. The van der Waals surface area contributed by atoms with Crippen LogP contribution < -0.4 is 10.6 Å². The Morgan fingerprint density at radius 2 is 1.67 bits per heavy atom. The lowest BCUT2D eigenvalue weighted by atomic mass is 10.1. The fraction of sp³-hybridized carbons (Fsp3) is 0.125. The average Bonchev–Trinajstić information content (AvgIpc) is 2.47. The molecule has 0 aliphatic carbocycles. The van der Waals surface area contributed by atoms with E-state index in [-0.39, 0.29) is 11.8 Å². The standard InChI is InChI=1S/C16H15BrN2O2/c1-2-15(20)18-13-7-3-5-11(9-13)16(21)19-14-8-4-6-12(17)10-14/h3-10H,2H2,1H3,(H,18,20)(H,19,21). The van der Waals surface area contributed by atoms with Gasteiger partial charge in [0.2, 0.25) is 5.91 Å². The summed E-state index contributed by atoms with van der Waals surface area (Å²) in [5.74, 6) is -0.305. The first-order valence-corrected chi connectivity index (χ1v) is 7.34. The van der Waals surface area contributed by atoms with Crippen LogP contribution in [0, 0.1) is 0 Å². The van der Waals surface area contributed by atoms with Crippen molar-refractivity contribution in [3.8, 4) is 0 Å². The summed E-state index contributed by atoms with van der Waals surface area (Å²) in [7, 11) is 0. The number of rotatable bonds is 4. The predicted molar refractivity (Wildman–Crippen MR) is 87.5 cm³/mol. The Bertz CT molecular complexity index is 671. The lowest BCUT2D eigenvalue weighted by molar-refractivity contribution is -0.115. The van der Waals surface area contributed by atoms with Crippen molar-refractivity contribution in [2.24, 2.45) is 0 Å². The molecule has 2 aromatic carbocycles. The Balaban J connectivity index is 2.12. The molecule has 0 aromatic heterocycles.